The highest BCUT2D eigenvalue weighted by Gasteiger charge is 2.25. The normalized spacial score (nSPS) is 14.0. The van der Waals surface area contributed by atoms with Crippen LogP contribution in [0, 0.1) is 5.92 Å². The van der Waals surface area contributed by atoms with Crippen molar-refractivity contribution in [3.05, 3.63) is 0 Å². The van der Waals surface area contributed by atoms with Crippen LogP contribution in [0.2, 0.25) is 0 Å². The molecule has 0 aromatic heterocycles. The van der Waals surface area contributed by atoms with Gasteiger partial charge in [0, 0.05) is 6.04 Å². The van der Waals surface area contributed by atoms with Crippen LogP contribution < -0.4 is 5.32 Å². The van der Waals surface area contributed by atoms with Crippen LogP contribution in [-0.4, -0.2) is 28.8 Å². The number of hydrogen-bond acceptors (Lipinski definition) is 3. The second kappa shape index (κ2) is 12.2. The second-order valence-corrected chi connectivity index (χ2v) is 7.74. The van der Waals surface area contributed by atoms with E-state index in [0.29, 0.717) is 0 Å². The lowest BCUT2D eigenvalue weighted by atomic mass is 9.92. The minimum Gasteiger partial charge on any atom is -0.481 e. The molecule has 0 saturated carbocycles. The number of rotatable bonds is 12. The van der Waals surface area contributed by atoms with E-state index >= 15 is 0 Å². The van der Waals surface area contributed by atoms with Crippen LogP contribution in [0.1, 0.15) is 92.4 Å². The van der Waals surface area contributed by atoms with Crippen molar-refractivity contribution in [3.63, 3.8) is 0 Å². The third kappa shape index (κ3) is 13.2. The molecule has 0 unspecified atom stereocenters. The van der Waals surface area contributed by atoms with Gasteiger partial charge in [-0.05, 0) is 33.1 Å². The minimum atomic E-state index is -0.900. The fraction of sp³-hybridized carbons (Fsp3) is 0.895. The Balaban J connectivity index is 4.23. The standard InChI is InChI=1S/C19H37NO4/c1-6-7-8-9-10-11-12-13-15(2)16(14-17(21)22)20-18(23)24-19(3,4)5/h15-16H,6-14H2,1-5H3,(H,20,23)(H,21,22)/t15-,16-/m0/s1. The van der Waals surface area contributed by atoms with Gasteiger partial charge in [0.25, 0.3) is 0 Å². The molecule has 0 heterocycles. The van der Waals surface area contributed by atoms with E-state index in [9.17, 15) is 9.59 Å². The Bertz CT molecular complexity index is 363. The summed E-state index contributed by atoms with van der Waals surface area (Å²) < 4.78 is 5.24. The first-order chi connectivity index (χ1) is 11.2. The first-order valence-electron chi connectivity index (χ1n) is 9.37. The second-order valence-electron chi connectivity index (χ2n) is 7.74. The van der Waals surface area contributed by atoms with Crippen molar-refractivity contribution >= 4 is 12.1 Å². The van der Waals surface area contributed by atoms with Crippen molar-refractivity contribution in [1.82, 2.24) is 5.32 Å². The summed E-state index contributed by atoms with van der Waals surface area (Å²) in [5.74, 6) is -0.785. The van der Waals surface area contributed by atoms with Gasteiger partial charge in [-0.1, -0.05) is 58.8 Å². The smallest absolute Gasteiger partial charge is 0.407 e. The predicted molar refractivity (Wildman–Crippen MR) is 97.2 cm³/mol. The Morgan fingerprint density at radius 3 is 2.08 bits per heavy atom. The number of ether oxygens (including phenoxy) is 1. The van der Waals surface area contributed by atoms with Crippen LogP contribution in [0.3, 0.4) is 0 Å². The maximum absolute atomic E-state index is 11.9. The molecule has 1 amide bonds. The number of nitrogens with one attached hydrogen (secondary N) is 1. The van der Waals surface area contributed by atoms with Crippen molar-refractivity contribution in [1.29, 1.82) is 0 Å². The van der Waals surface area contributed by atoms with Gasteiger partial charge < -0.3 is 15.2 Å². The highest BCUT2D eigenvalue weighted by molar-refractivity contribution is 5.71. The van der Waals surface area contributed by atoms with Crippen LogP contribution >= 0.6 is 0 Å². The molecular formula is C19H37NO4. The van der Waals surface area contributed by atoms with Crippen LogP contribution in [0.4, 0.5) is 4.79 Å². The van der Waals surface area contributed by atoms with E-state index in [2.05, 4.69) is 12.2 Å². The first kappa shape index (κ1) is 22.7. The van der Waals surface area contributed by atoms with Gasteiger partial charge in [0.1, 0.15) is 5.60 Å². The van der Waals surface area contributed by atoms with Gasteiger partial charge in [-0.2, -0.15) is 0 Å². The fourth-order valence-corrected chi connectivity index (χ4v) is 2.67. The molecule has 0 aliphatic carbocycles. The molecule has 0 rings (SSSR count). The summed E-state index contributed by atoms with van der Waals surface area (Å²) in [5.41, 5.74) is -0.584. The molecule has 142 valence electrons. The Labute approximate surface area is 147 Å². The van der Waals surface area contributed by atoms with Crippen molar-refractivity contribution in [2.45, 2.75) is 104 Å². The molecule has 0 aromatic rings. The molecule has 0 spiro atoms. The molecule has 5 heteroatoms. The van der Waals surface area contributed by atoms with E-state index in [1.54, 1.807) is 20.8 Å². The van der Waals surface area contributed by atoms with Gasteiger partial charge in [0.15, 0.2) is 0 Å². The number of hydrogen-bond donors (Lipinski definition) is 2. The summed E-state index contributed by atoms with van der Waals surface area (Å²) in [6.45, 7) is 9.59. The summed E-state index contributed by atoms with van der Waals surface area (Å²) in [6.07, 6.45) is 8.90. The van der Waals surface area contributed by atoms with Crippen LogP contribution in [0.5, 0.6) is 0 Å². The first-order valence-corrected chi connectivity index (χ1v) is 9.37. The topological polar surface area (TPSA) is 75.6 Å². The van der Waals surface area contributed by atoms with Crippen LogP contribution in [-0.2, 0) is 9.53 Å². The SMILES string of the molecule is CCCCCCCCC[C@H](C)[C@H](CC(=O)O)NC(=O)OC(C)(C)C. The van der Waals surface area contributed by atoms with Gasteiger partial charge in [-0.3, -0.25) is 4.79 Å². The molecule has 2 N–H and O–H groups in total. The van der Waals surface area contributed by atoms with E-state index in [1.807, 2.05) is 6.92 Å². The quantitative estimate of drug-likeness (QED) is 0.482. The zero-order valence-corrected chi connectivity index (χ0v) is 16.2. The number of alkyl carbamates (subject to hydrolysis) is 1. The van der Waals surface area contributed by atoms with Crippen molar-refractivity contribution in [3.8, 4) is 0 Å². The largest absolute Gasteiger partial charge is 0.481 e. The summed E-state index contributed by atoms with van der Waals surface area (Å²) >= 11 is 0. The lowest BCUT2D eigenvalue weighted by molar-refractivity contribution is -0.137. The molecule has 5 nitrogen and oxygen atoms in total. The molecule has 0 aromatic carbocycles. The predicted octanol–water partition coefficient (Wildman–Crippen LogP) is 5.13. The molecule has 0 aliphatic rings. The number of carboxylic acid groups (broad SMARTS) is 1. The molecule has 0 radical (unpaired) electrons. The lowest BCUT2D eigenvalue weighted by Gasteiger charge is -2.26. The number of carbonyl (C=O) groups is 2. The minimum absolute atomic E-state index is 0.0725. The van der Waals surface area contributed by atoms with E-state index in [0.717, 1.165) is 12.8 Å². The Morgan fingerprint density at radius 2 is 1.58 bits per heavy atom. The van der Waals surface area contributed by atoms with Crippen LogP contribution in [0.25, 0.3) is 0 Å². The summed E-state index contributed by atoms with van der Waals surface area (Å²) in [4.78, 5) is 23.0. The maximum Gasteiger partial charge on any atom is 0.407 e. The van der Waals surface area contributed by atoms with Gasteiger partial charge >= 0.3 is 12.1 Å². The number of amides is 1. The number of aliphatic carboxylic acids is 1. The Hall–Kier alpha value is -1.26. The van der Waals surface area contributed by atoms with Gasteiger partial charge in [-0.25, -0.2) is 4.79 Å². The molecule has 0 fully saturated rings. The van der Waals surface area contributed by atoms with E-state index in [4.69, 9.17) is 9.84 Å². The highest BCUT2D eigenvalue weighted by atomic mass is 16.6. The molecule has 0 saturated heterocycles. The van der Waals surface area contributed by atoms with Crippen LogP contribution in [0.15, 0.2) is 0 Å². The Morgan fingerprint density at radius 1 is 1.04 bits per heavy atom. The zero-order valence-electron chi connectivity index (χ0n) is 16.2. The summed E-state index contributed by atoms with van der Waals surface area (Å²) in [6, 6.07) is -0.391. The number of carbonyl (C=O) groups excluding carboxylic acids is 1. The average Bonchev–Trinajstić information content (AvgIpc) is 2.42. The summed E-state index contributed by atoms with van der Waals surface area (Å²) in [7, 11) is 0. The molecule has 2 atom stereocenters. The fourth-order valence-electron chi connectivity index (χ4n) is 2.67. The molecule has 0 aliphatic heterocycles. The molecular weight excluding hydrogens is 306 g/mol. The number of unbranched alkanes of at least 4 members (excludes halogenated alkanes) is 6. The molecule has 0 bridgehead atoms. The highest BCUT2D eigenvalue weighted by Crippen LogP contribution is 2.18. The maximum atomic E-state index is 11.9. The zero-order chi connectivity index (χ0) is 18.6. The van der Waals surface area contributed by atoms with E-state index < -0.39 is 23.7 Å². The summed E-state index contributed by atoms with van der Waals surface area (Å²) in [5, 5.41) is 11.8. The van der Waals surface area contributed by atoms with Gasteiger partial charge in [-0.15, -0.1) is 0 Å². The van der Waals surface area contributed by atoms with Gasteiger partial charge in [0.05, 0.1) is 6.42 Å². The monoisotopic (exact) mass is 343 g/mol. The van der Waals surface area contributed by atoms with Crippen molar-refractivity contribution in [2.24, 2.45) is 5.92 Å². The Kier molecular flexibility index (Phi) is 11.5. The number of carboxylic acids is 1. The van der Waals surface area contributed by atoms with Crippen molar-refractivity contribution < 1.29 is 19.4 Å². The van der Waals surface area contributed by atoms with E-state index in [1.165, 1.54) is 38.5 Å². The molecule has 24 heavy (non-hydrogen) atoms. The third-order valence-electron chi connectivity index (χ3n) is 4.05. The van der Waals surface area contributed by atoms with Crippen molar-refractivity contribution in [2.75, 3.05) is 0 Å². The third-order valence-corrected chi connectivity index (χ3v) is 4.05. The van der Waals surface area contributed by atoms with E-state index in [-0.39, 0.29) is 12.3 Å². The average molecular weight is 344 g/mol. The lowest BCUT2D eigenvalue weighted by Crippen LogP contribution is -2.43. The van der Waals surface area contributed by atoms with Gasteiger partial charge in [0.2, 0.25) is 0 Å².